The van der Waals surface area contributed by atoms with Crippen LogP contribution in [0.2, 0.25) is 0 Å². The summed E-state index contributed by atoms with van der Waals surface area (Å²) in [6, 6.07) is 9.51. The monoisotopic (exact) mass is 370 g/mol. The molecule has 0 bridgehead atoms. The summed E-state index contributed by atoms with van der Waals surface area (Å²) in [6.07, 6.45) is 3.37. The van der Waals surface area contributed by atoms with Gasteiger partial charge in [-0.25, -0.2) is 0 Å². The van der Waals surface area contributed by atoms with Gasteiger partial charge in [-0.05, 0) is 12.8 Å². The fourth-order valence-electron chi connectivity index (χ4n) is 3.01. The lowest BCUT2D eigenvalue weighted by Crippen LogP contribution is -2.32. The molecule has 9 heteroatoms. The normalized spacial score (nSPS) is 17.0. The van der Waals surface area contributed by atoms with E-state index >= 15 is 0 Å². The van der Waals surface area contributed by atoms with Crippen molar-refractivity contribution in [2.75, 3.05) is 12.3 Å². The highest BCUT2D eigenvalue weighted by Crippen LogP contribution is 2.32. The Kier molecular flexibility index (Phi) is 4.70. The Balaban J connectivity index is 1.45. The number of likely N-dealkylation sites (tertiary alicyclic amines) is 1. The summed E-state index contributed by atoms with van der Waals surface area (Å²) in [5, 5.41) is 12.6. The lowest BCUT2D eigenvalue weighted by Gasteiger charge is -2.21. The van der Waals surface area contributed by atoms with Crippen molar-refractivity contribution in [3.8, 4) is 11.4 Å². The van der Waals surface area contributed by atoms with Gasteiger partial charge in [0.25, 0.3) is 0 Å². The van der Waals surface area contributed by atoms with Crippen molar-refractivity contribution in [1.29, 1.82) is 0 Å². The zero-order valence-electron chi connectivity index (χ0n) is 14.3. The second-order valence-electron chi connectivity index (χ2n) is 6.08. The van der Waals surface area contributed by atoms with E-state index in [0.717, 1.165) is 23.6 Å². The first-order valence-electron chi connectivity index (χ1n) is 8.37. The number of aryl methyl sites for hydroxylation is 1. The minimum atomic E-state index is -0.160. The Morgan fingerprint density at radius 3 is 2.96 bits per heavy atom. The zero-order valence-corrected chi connectivity index (χ0v) is 15.1. The van der Waals surface area contributed by atoms with E-state index in [1.807, 2.05) is 42.3 Å². The average molecular weight is 370 g/mol. The molecule has 1 unspecified atom stereocenters. The van der Waals surface area contributed by atoms with Crippen LogP contribution in [0.15, 0.2) is 46.3 Å². The third-order valence-electron chi connectivity index (χ3n) is 4.33. The lowest BCUT2D eigenvalue weighted by molar-refractivity contribution is -0.129. The summed E-state index contributed by atoms with van der Waals surface area (Å²) >= 11 is 1.38. The number of rotatable bonds is 5. The number of amides is 1. The minimum absolute atomic E-state index is 0.0416. The Bertz CT molecular complexity index is 894. The molecule has 1 amide bonds. The molecule has 0 spiro atoms. The summed E-state index contributed by atoms with van der Waals surface area (Å²) in [5.74, 6) is 1.40. The van der Waals surface area contributed by atoms with E-state index in [-0.39, 0.29) is 11.9 Å². The predicted molar refractivity (Wildman–Crippen MR) is 95.1 cm³/mol. The van der Waals surface area contributed by atoms with Crippen molar-refractivity contribution >= 4 is 17.7 Å². The van der Waals surface area contributed by atoms with Crippen LogP contribution in [0.25, 0.3) is 11.4 Å². The van der Waals surface area contributed by atoms with Gasteiger partial charge < -0.3 is 14.0 Å². The molecule has 1 aromatic carbocycles. The number of aromatic nitrogens is 5. The molecule has 1 aliphatic heterocycles. The van der Waals surface area contributed by atoms with Gasteiger partial charge in [-0.2, -0.15) is 4.98 Å². The Morgan fingerprint density at radius 1 is 1.35 bits per heavy atom. The van der Waals surface area contributed by atoms with Crippen LogP contribution in [-0.2, 0) is 11.8 Å². The highest BCUT2D eigenvalue weighted by atomic mass is 32.2. The highest BCUT2D eigenvalue weighted by Gasteiger charge is 2.34. The summed E-state index contributed by atoms with van der Waals surface area (Å²) < 4.78 is 7.26. The van der Waals surface area contributed by atoms with Crippen LogP contribution < -0.4 is 0 Å². The molecule has 1 saturated heterocycles. The molecule has 0 radical (unpaired) electrons. The predicted octanol–water partition coefficient (Wildman–Crippen LogP) is 2.32. The van der Waals surface area contributed by atoms with Gasteiger partial charge >= 0.3 is 0 Å². The maximum atomic E-state index is 12.7. The molecule has 26 heavy (non-hydrogen) atoms. The first-order chi connectivity index (χ1) is 12.7. The van der Waals surface area contributed by atoms with E-state index in [0.29, 0.717) is 24.0 Å². The fraction of sp³-hybridized carbons (Fsp3) is 0.353. The Labute approximate surface area is 154 Å². The molecule has 4 rings (SSSR count). The second-order valence-corrected chi connectivity index (χ2v) is 7.02. The first-order valence-corrected chi connectivity index (χ1v) is 9.36. The van der Waals surface area contributed by atoms with E-state index in [1.165, 1.54) is 11.8 Å². The third-order valence-corrected chi connectivity index (χ3v) is 5.35. The van der Waals surface area contributed by atoms with Crippen molar-refractivity contribution in [2.24, 2.45) is 7.05 Å². The van der Waals surface area contributed by atoms with Crippen LogP contribution in [0, 0.1) is 0 Å². The number of thioether (sulfide) groups is 1. The maximum absolute atomic E-state index is 12.7. The molecule has 0 aliphatic carbocycles. The van der Waals surface area contributed by atoms with E-state index in [2.05, 4.69) is 20.3 Å². The molecule has 0 saturated carbocycles. The number of carbonyl (C=O) groups is 1. The molecule has 2 aromatic heterocycles. The molecule has 1 fully saturated rings. The van der Waals surface area contributed by atoms with Crippen molar-refractivity contribution in [1.82, 2.24) is 29.8 Å². The zero-order chi connectivity index (χ0) is 17.9. The van der Waals surface area contributed by atoms with Gasteiger partial charge in [0.1, 0.15) is 12.4 Å². The molecular weight excluding hydrogens is 352 g/mol. The van der Waals surface area contributed by atoms with Crippen LogP contribution >= 0.6 is 11.8 Å². The van der Waals surface area contributed by atoms with E-state index in [4.69, 9.17) is 4.52 Å². The third kappa shape index (κ3) is 3.34. The first kappa shape index (κ1) is 16.8. The SMILES string of the molecule is Cn1cnnc1SCC(=O)N1CCCC1c1nc(-c2ccccc2)no1. The molecule has 134 valence electrons. The molecule has 3 aromatic rings. The number of benzene rings is 1. The standard InChI is InChI=1S/C17H18N6O2S/c1-22-11-18-20-17(22)26-10-14(24)23-9-5-8-13(23)16-19-15(21-25-16)12-6-3-2-4-7-12/h2-4,6-7,11,13H,5,8-10H2,1H3. The summed E-state index contributed by atoms with van der Waals surface area (Å²) in [6.45, 7) is 0.700. The topological polar surface area (TPSA) is 89.9 Å². The van der Waals surface area contributed by atoms with E-state index < -0.39 is 0 Å². The van der Waals surface area contributed by atoms with Gasteiger partial charge in [0.2, 0.25) is 17.6 Å². The van der Waals surface area contributed by atoms with Crippen molar-refractivity contribution in [3.63, 3.8) is 0 Å². The van der Waals surface area contributed by atoms with E-state index in [1.54, 1.807) is 10.9 Å². The van der Waals surface area contributed by atoms with Crippen molar-refractivity contribution < 1.29 is 9.32 Å². The van der Waals surface area contributed by atoms with Crippen LogP contribution in [0.5, 0.6) is 0 Å². The molecule has 1 atom stereocenters. The minimum Gasteiger partial charge on any atom is -0.337 e. The Morgan fingerprint density at radius 2 is 2.19 bits per heavy atom. The van der Waals surface area contributed by atoms with Gasteiger partial charge in [0, 0.05) is 19.2 Å². The summed E-state index contributed by atoms with van der Waals surface area (Å²) in [5.41, 5.74) is 0.899. The van der Waals surface area contributed by atoms with E-state index in [9.17, 15) is 4.79 Å². The van der Waals surface area contributed by atoms with Gasteiger partial charge in [0.05, 0.1) is 5.75 Å². The quantitative estimate of drug-likeness (QED) is 0.637. The van der Waals surface area contributed by atoms with Crippen molar-refractivity contribution in [2.45, 2.75) is 24.0 Å². The molecule has 3 heterocycles. The molecule has 1 aliphatic rings. The number of carbonyl (C=O) groups excluding carboxylic acids is 1. The number of hydrogen-bond acceptors (Lipinski definition) is 7. The van der Waals surface area contributed by atoms with Gasteiger partial charge in [-0.1, -0.05) is 47.3 Å². The van der Waals surface area contributed by atoms with Crippen LogP contribution in [0.3, 0.4) is 0 Å². The number of hydrogen-bond donors (Lipinski definition) is 0. The van der Waals surface area contributed by atoms with Crippen molar-refractivity contribution in [3.05, 3.63) is 42.5 Å². The van der Waals surface area contributed by atoms with Crippen LogP contribution in [-0.4, -0.2) is 48.0 Å². The molecular formula is C17H18N6O2S. The fourth-order valence-corrected chi connectivity index (χ4v) is 3.78. The summed E-state index contributed by atoms with van der Waals surface area (Å²) in [7, 11) is 1.86. The summed E-state index contributed by atoms with van der Waals surface area (Å²) in [4.78, 5) is 19.0. The van der Waals surface area contributed by atoms with Gasteiger partial charge in [-0.3, -0.25) is 4.79 Å². The van der Waals surface area contributed by atoms with Gasteiger partial charge in [-0.15, -0.1) is 10.2 Å². The number of nitrogens with zero attached hydrogens (tertiary/aromatic N) is 6. The maximum Gasteiger partial charge on any atom is 0.249 e. The Hall–Kier alpha value is -2.68. The largest absolute Gasteiger partial charge is 0.337 e. The van der Waals surface area contributed by atoms with Crippen LogP contribution in [0.1, 0.15) is 24.8 Å². The van der Waals surface area contributed by atoms with Gasteiger partial charge in [0.15, 0.2) is 5.16 Å². The lowest BCUT2D eigenvalue weighted by atomic mass is 10.2. The molecule has 0 N–H and O–H groups in total. The average Bonchev–Trinajstić information content (AvgIpc) is 3.40. The molecule has 8 nitrogen and oxygen atoms in total. The highest BCUT2D eigenvalue weighted by molar-refractivity contribution is 7.99. The van der Waals surface area contributed by atoms with Crippen LogP contribution in [0.4, 0.5) is 0 Å². The second kappa shape index (κ2) is 7.28. The smallest absolute Gasteiger partial charge is 0.249 e.